The highest BCUT2D eigenvalue weighted by molar-refractivity contribution is 7.07. The summed E-state index contributed by atoms with van der Waals surface area (Å²) in [4.78, 5) is 2.72. The minimum absolute atomic E-state index is 0.665. The van der Waals surface area contributed by atoms with Crippen LogP contribution >= 0.6 is 11.3 Å². The van der Waals surface area contributed by atoms with Crippen molar-refractivity contribution in [2.45, 2.75) is 51.2 Å². The standard InChI is InChI=1S/C15H24N2S/c1-11(7-13-5-6-18-10-13)17-9-15(14-3-4-14)16-8-12(17)2/h5-6,10-12,14-16H,3-4,7-9H2,1-2H3. The summed E-state index contributed by atoms with van der Waals surface area (Å²) in [5, 5.41) is 8.22. The van der Waals surface area contributed by atoms with Gasteiger partial charge in [0.15, 0.2) is 0 Å². The highest BCUT2D eigenvalue weighted by atomic mass is 32.1. The molecule has 0 aromatic carbocycles. The molecule has 3 heteroatoms. The van der Waals surface area contributed by atoms with Crippen molar-refractivity contribution in [2.24, 2.45) is 5.92 Å². The predicted octanol–water partition coefficient (Wildman–Crippen LogP) is 2.75. The Morgan fingerprint density at radius 1 is 1.50 bits per heavy atom. The highest BCUT2D eigenvalue weighted by Crippen LogP contribution is 2.34. The zero-order chi connectivity index (χ0) is 12.5. The van der Waals surface area contributed by atoms with Gasteiger partial charge in [0.25, 0.3) is 0 Å². The molecule has 1 saturated carbocycles. The van der Waals surface area contributed by atoms with Crippen LogP contribution < -0.4 is 5.32 Å². The molecule has 1 aromatic heterocycles. The number of rotatable bonds is 4. The summed E-state index contributed by atoms with van der Waals surface area (Å²) in [6, 6.07) is 4.37. The van der Waals surface area contributed by atoms with Crippen LogP contribution in [-0.4, -0.2) is 36.1 Å². The molecule has 3 unspecified atom stereocenters. The Labute approximate surface area is 114 Å². The van der Waals surface area contributed by atoms with E-state index < -0.39 is 0 Å². The minimum atomic E-state index is 0.665. The molecule has 0 bridgehead atoms. The minimum Gasteiger partial charge on any atom is -0.311 e. The van der Waals surface area contributed by atoms with Gasteiger partial charge in [0, 0.05) is 31.2 Å². The molecule has 0 radical (unpaired) electrons. The summed E-state index contributed by atoms with van der Waals surface area (Å²) >= 11 is 1.81. The fourth-order valence-corrected chi connectivity index (χ4v) is 3.89. The van der Waals surface area contributed by atoms with Gasteiger partial charge in [-0.2, -0.15) is 11.3 Å². The Hall–Kier alpha value is -0.380. The number of nitrogens with zero attached hydrogens (tertiary/aromatic N) is 1. The van der Waals surface area contributed by atoms with E-state index in [0.29, 0.717) is 12.1 Å². The Morgan fingerprint density at radius 2 is 2.33 bits per heavy atom. The molecule has 0 spiro atoms. The van der Waals surface area contributed by atoms with E-state index in [2.05, 4.69) is 40.9 Å². The number of hydrogen-bond donors (Lipinski definition) is 1. The molecule has 2 heterocycles. The zero-order valence-electron chi connectivity index (χ0n) is 11.4. The molecule has 100 valence electrons. The molecule has 0 amide bonds. The normalized spacial score (nSPS) is 31.4. The maximum absolute atomic E-state index is 3.73. The summed E-state index contributed by atoms with van der Waals surface area (Å²) < 4.78 is 0. The van der Waals surface area contributed by atoms with Crippen molar-refractivity contribution in [3.63, 3.8) is 0 Å². The quantitative estimate of drug-likeness (QED) is 0.899. The van der Waals surface area contributed by atoms with Crippen molar-refractivity contribution < 1.29 is 0 Å². The van der Waals surface area contributed by atoms with Gasteiger partial charge in [0.2, 0.25) is 0 Å². The van der Waals surface area contributed by atoms with E-state index in [-0.39, 0.29) is 0 Å². The van der Waals surface area contributed by atoms with Gasteiger partial charge in [-0.15, -0.1) is 0 Å². The van der Waals surface area contributed by atoms with E-state index in [1.54, 1.807) is 0 Å². The van der Waals surface area contributed by atoms with E-state index in [4.69, 9.17) is 0 Å². The molecule has 2 aliphatic rings. The summed E-state index contributed by atoms with van der Waals surface area (Å²) in [6.07, 6.45) is 4.09. The Kier molecular flexibility index (Phi) is 3.73. The SMILES string of the molecule is CC1CNC(C2CC2)CN1C(C)Cc1ccsc1. The molecule has 2 nitrogen and oxygen atoms in total. The van der Waals surface area contributed by atoms with E-state index >= 15 is 0 Å². The highest BCUT2D eigenvalue weighted by Gasteiger charge is 2.37. The topological polar surface area (TPSA) is 15.3 Å². The number of piperazine rings is 1. The van der Waals surface area contributed by atoms with Crippen LogP contribution in [0.3, 0.4) is 0 Å². The van der Waals surface area contributed by atoms with Gasteiger partial charge in [-0.25, -0.2) is 0 Å². The van der Waals surface area contributed by atoms with Crippen LogP contribution in [0.1, 0.15) is 32.3 Å². The van der Waals surface area contributed by atoms with Crippen molar-refractivity contribution in [2.75, 3.05) is 13.1 Å². The van der Waals surface area contributed by atoms with E-state index in [0.717, 1.165) is 18.5 Å². The lowest BCUT2D eigenvalue weighted by Crippen LogP contribution is -2.58. The summed E-state index contributed by atoms with van der Waals surface area (Å²) in [6.45, 7) is 7.16. The first-order chi connectivity index (χ1) is 8.74. The lowest BCUT2D eigenvalue weighted by molar-refractivity contribution is 0.0925. The third kappa shape index (κ3) is 2.79. The molecule has 18 heavy (non-hydrogen) atoms. The van der Waals surface area contributed by atoms with Crippen LogP contribution in [-0.2, 0) is 6.42 Å². The lowest BCUT2D eigenvalue weighted by Gasteiger charge is -2.42. The molecule has 1 aromatic rings. The summed E-state index contributed by atoms with van der Waals surface area (Å²) in [7, 11) is 0. The fourth-order valence-electron chi connectivity index (χ4n) is 3.21. The number of thiophene rings is 1. The largest absolute Gasteiger partial charge is 0.311 e. The van der Waals surface area contributed by atoms with Gasteiger partial charge in [-0.3, -0.25) is 4.90 Å². The third-order valence-electron chi connectivity index (χ3n) is 4.52. The van der Waals surface area contributed by atoms with Crippen LogP contribution in [0.25, 0.3) is 0 Å². The Balaban J connectivity index is 1.61. The van der Waals surface area contributed by atoms with Crippen molar-refractivity contribution in [3.05, 3.63) is 22.4 Å². The monoisotopic (exact) mass is 264 g/mol. The van der Waals surface area contributed by atoms with Gasteiger partial charge in [-0.1, -0.05) is 0 Å². The maximum atomic E-state index is 3.73. The van der Waals surface area contributed by atoms with E-state index in [9.17, 15) is 0 Å². The predicted molar refractivity (Wildman–Crippen MR) is 78.2 cm³/mol. The lowest BCUT2D eigenvalue weighted by atomic mass is 10.0. The maximum Gasteiger partial charge on any atom is 0.0224 e. The second kappa shape index (κ2) is 5.32. The molecular formula is C15H24N2S. The van der Waals surface area contributed by atoms with Crippen LogP contribution in [0.2, 0.25) is 0 Å². The first kappa shape index (κ1) is 12.6. The molecule has 2 fully saturated rings. The second-order valence-corrected chi connectivity index (χ2v) is 6.86. The van der Waals surface area contributed by atoms with Gasteiger partial charge in [0.1, 0.15) is 0 Å². The molecule has 1 aliphatic carbocycles. The van der Waals surface area contributed by atoms with Crippen molar-refractivity contribution in [3.8, 4) is 0 Å². The molecule has 3 rings (SSSR count). The van der Waals surface area contributed by atoms with Crippen LogP contribution in [0.5, 0.6) is 0 Å². The Morgan fingerprint density at radius 3 is 3.00 bits per heavy atom. The van der Waals surface area contributed by atoms with Crippen molar-refractivity contribution in [1.29, 1.82) is 0 Å². The van der Waals surface area contributed by atoms with Gasteiger partial charge in [0.05, 0.1) is 0 Å². The first-order valence-electron chi connectivity index (χ1n) is 7.24. The van der Waals surface area contributed by atoms with Crippen LogP contribution in [0, 0.1) is 5.92 Å². The molecule has 3 atom stereocenters. The zero-order valence-corrected chi connectivity index (χ0v) is 12.2. The van der Waals surface area contributed by atoms with Crippen LogP contribution in [0.15, 0.2) is 16.8 Å². The second-order valence-electron chi connectivity index (χ2n) is 6.08. The van der Waals surface area contributed by atoms with Crippen molar-refractivity contribution in [1.82, 2.24) is 10.2 Å². The number of hydrogen-bond acceptors (Lipinski definition) is 3. The first-order valence-corrected chi connectivity index (χ1v) is 8.18. The van der Waals surface area contributed by atoms with Crippen LogP contribution in [0.4, 0.5) is 0 Å². The average Bonchev–Trinajstić information content (AvgIpc) is 3.09. The average molecular weight is 264 g/mol. The molecule has 1 saturated heterocycles. The summed E-state index contributed by atoms with van der Waals surface area (Å²) in [5.41, 5.74) is 1.50. The third-order valence-corrected chi connectivity index (χ3v) is 5.25. The van der Waals surface area contributed by atoms with Gasteiger partial charge < -0.3 is 5.32 Å². The fraction of sp³-hybridized carbons (Fsp3) is 0.733. The summed E-state index contributed by atoms with van der Waals surface area (Å²) in [5.74, 6) is 0.966. The van der Waals surface area contributed by atoms with E-state index in [1.165, 1.54) is 31.4 Å². The molecular weight excluding hydrogens is 240 g/mol. The Bertz CT molecular complexity index is 372. The van der Waals surface area contributed by atoms with Gasteiger partial charge >= 0.3 is 0 Å². The van der Waals surface area contributed by atoms with E-state index in [1.807, 2.05) is 11.3 Å². The van der Waals surface area contributed by atoms with Gasteiger partial charge in [-0.05, 0) is 61.4 Å². The van der Waals surface area contributed by atoms with Crippen molar-refractivity contribution >= 4 is 11.3 Å². The molecule has 1 N–H and O–H groups in total. The molecule has 1 aliphatic heterocycles. The smallest absolute Gasteiger partial charge is 0.0224 e. The number of nitrogens with one attached hydrogen (secondary N) is 1.